The molecule has 0 unspecified atom stereocenters. The van der Waals surface area contributed by atoms with E-state index in [0.717, 1.165) is 28.1 Å². The maximum absolute atomic E-state index is 13.5. The SMILES string of the molecule is Cc1cc2nnc(OC(=O)N[C@@H]3N=C(c4ccccc4)c4cc(N)cc5c4N(CC5)C3=O)c(C)n2n1. The Morgan fingerprint density at radius 2 is 1.94 bits per heavy atom. The molecular weight excluding hydrogens is 460 g/mol. The van der Waals surface area contributed by atoms with E-state index in [9.17, 15) is 9.59 Å². The minimum Gasteiger partial charge on any atom is -0.399 e. The summed E-state index contributed by atoms with van der Waals surface area (Å²) in [5.74, 6) is -0.375. The summed E-state index contributed by atoms with van der Waals surface area (Å²) in [4.78, 5) is 32.8. The number of nitrogens with two attached hydrogens (primary N) is 1. The molecule has 6 rings (SSSR count). The number of carbonyl (C=O) groups is 2. The van der Waals surface area contributed by atoms with Crippen molar-refractivity contribution in [2.45, 2.75) is 26.4 Å². The average molecular weight is 483 g/mol. The number of aliphatic imine (C=N–C) groups is 1. The number of nitrogen functional groups attached to an aromatic ring is 1. The van der Waals surface area contributed by atoms with Crippen LogP contribution in [0.25, 0.3) is 5.65 Å². The van der Waals surface area contributed by atoms with Crippen LogP contribution in [0, 0.1) is 13.8 Å². The molecule has 2 aliphatic rings. The van der Waals surface area contributed by atoms with Crippen molar-refractivity contribution in [2.24, 2.45) is 4.99 Å². The Kier molecular flexibility index (Phi) is 4.92. The zero-order chi connectivity index (χ0) is 25.0. The van der Waals surface area contributed by atoms with Gasteiger partial charge in [0, 0.05) is 29.4 Å². The van der Waals surface area contributed by atoms with Crippen molar-refractivity contribution in [1.29, 1.82) is 0 Å². The highest BCUT2D eigenvalue weighted by atomic mass is 16.6. The first-order valence-electron chi connectivity index (χ1n) is 11.4. The highest BCUT2D eigenvalue weighted by Gasteiger charge is 2.37. The number of ether oxygens (including phenoxy) is 1. The molecule has 0 bridgehead atoms. The van der Waals surface area contributed by atoms with E-state index in [4.69, 9.17) is 15.5 Å². The first-order chi connectivity index (χ1) is 17.4. The van der Waals surface area contributed by atoms with Crippen LogP contribution in [0.15, 0.2) is 53.5 Å². The van der Waals surface area contributed by atoms with Crippen LogP contribution in [0.4, 0.5) is 16.2 Å². The zero-order valence-electron chi connectivity index (χ0n) is 19.6. The van der Waals surface area contributed by atoms with Gasteiger partial charge in [0.2, 0.25) is 6.17 Å². The van der Waals surface area contributed by atoms with Gasteiger partial charge in [-0.1, -0.05) is 30.3 Å². The summed E-state index contributed by atoms with van der Waals surface area (Å²) in [5, 5.41) is 15.0. The number of aromatic nitrogens is 4. The molecule has 3 N–H and O–H groups in total. The van der Waals surface area contributed by atoms with Gasteiger partial charge in [0.1, 0.15) is 5.69 Å². The second-order valence-corrected chi connectivity index (χ2v) is 8.74. The highest BCUT2D eigenvalue weighted by Crippen LogP contribution is 2.38. The standard InChI is InChI=1S/C25H22N8O3/c1-13-10-19-29-30-23(14(2)33(19)31-13)36-25(35)28-22-24(34)32-9-8-16-11-17(26)12-18(21(16)32)20(27-22)15-6-4-3-5-7-15/h3-7,10-12,22H,8-9,26H2,1-2H3,(H,28,35)/t22-/m0/s1. The van der Waals surface area contributed by atoms with E-state index in [-0.39, 0.29) is 11.8 Å². The predicted molar refractivity (Wildman–Crippen MR) is 132 cm³/mol. The molecule has 11 nitrogen and oxygen atoms in total. The third kappa shape index (κ3) is 3.52. The topological polar surface area (TPSA) is 140 Å². The number of hydrogen-bond donors (Lipinski definition) is 2. The van der Waals surface area contributed by atoms with Gasteiger partial charge in [-0.2, -0.15) is 5.10 Å². The molecule has 0 radical (unpaired) electrons. The number of anilines is 2. The van der Waals surface area contributed by atoms with Crippen molar-refractivity contribution >= 4 is 34.7 Å². The maximum atomic E-state index is 13.5. The summed E-state index contributed by atoms with van der Waals surface area (Å²) in [6.45, 7) is 4.01. The minimum atomic E-state index is -1.21. The smallest absolute Gasteiger partial charge is 0.399 e. The van der Waals surface area contributed by atoms with Gasteiger partial charge in [0.15, 0.2) is 5.65 Å². The van der Waals surface area contributed by atoms with Gasteiger partial charge >= 0.3 is 6.09 Å². The van der Waals surface area contributed by atoms with E-state index in [2.05, 4.69) is 20.6 Å². The Balaban J connectivity index is 1.37. The largest absolute Gasteiger partial charge is 0.416 e. The molecule has 36 heavy (non-hydrogen) atoms. The summed E-state index contributed by atoms with van der Waals surface area (Å²) in [6, 6.07) is 14.9. The van der Waals surface area contributed by atoms with Gasteiger partial charge in [-0.15, -0.1) is 10.2 Å². The number of aryl methyl sites for hydroxylation is 2. The molecule has 4 heterocycles. The minimum absolute atomic E-state index is 0.0176. The van der Waals surface area contributed by atoms with Crippen LogP contribution in [0.2, 0.25) is 0 Å². The number of amides is 2. The molecule has 0 fully saturated rings. The number of fused-ring (bicyclic) bond motifs is 1. The van der Waals surface area contributed by atoms with Crippen molar-refractivity contribution in [1.82, 2.24) is 25.1 Å². The Morgan fingerprint density at radius 3 is 2.75 bits per heavy atom. The molecule has 2 amide bonds. The summed E-state index contributed by atoms with van der Waals surface area (Å²) in [5.41, 5.74) is 12.4. The first kappa shape index (κ1) is 21.7. The van der Waals surface area contributed by atoms with Gasteiger partial charge in [-0.05, 0) is 38.0 Å². The molecule has 2 aromatic carbocycles. The number of benzene rings is 2. The Morgan fingerprint density at radius 1 is 1.14 bits per heavy atom. The molecule has 0 aliphatic carbocycles. The second kappa shape index (κ2) is 8.15. The summed E-state index contributed by atoms with van der Waals surface area (Å²) < 4.78 is 6.97. The second-order valence-electron chi connectivity index (χ2n) is 8.74. The van der Waals surface area contributed by atoms with Crippen molar-refractivity contribution < 1.29 is 14.3 Å². The van der Waals surface area contributed by atoms with E-state index < -0.39 is 12.3 Å². The lowest BCUT2D eigenvalue weighted by Crippen LogP contribution is -2.47. The normalized spacial score (nSPS) is 16.5. The Labute approximate surface area is 205 Å². The maximum Gasteiger partial charge on any atom is 0.416 e. The molecule has 11 heteroatoms. The molecule has 0 spiro atoms. The quantitative estimate of drug-likeness (QED) is 0.427. The van der Waals surface area contributed by atoms with Crippen molar-refractivity contribution in [3.05, 3.63) is 76.6 Å². The molecule has 2 aromatic heterocycles. The fraction of sp³-hybridized carbons (Fsp3) is 0.200. The monoisotopic (exact) mass is 482 g/mol. The lowest BCUT2D eigenvalue weighted by atomic mass is 9.97. The van der Waals surface area contributed by atoms with Gasteiger partial charge in [0.25, 0.3) is 11.8 Å². The molecule has 2 aliphatic heterocycles. The molecular formula is C25H22N8O3. The van der Waals surface area contributed by atoms with E-state index in [1.54, 1.807) is 22.4 Å². The number of hydrogen-bond acceptors (Lipinski definition) is 8. The van der Waals surface area contributed by atoms with E-state index >= 15 is 0 Å². The summed E-state index contributed by atoms with van der Waals surface area (Å²) >= 11 is 0. The lowest BCUT2D eigenvalue weighted by Gasteiger charge is -2.21. The van der Waals surface area contributed by atoms with Crippen LogP contribution in [-0.2, 0) is 11.2 Å². The van der Waals surface area contributed by atoms with Gasteiger partial charge < -0.3 is 15.4 Å². The summed E-state index contributed by atoms with van der Waals surface area (Å²) in [7, 11) is 0. The zero-order valence-corrected chi connectivity index (χ0v) is 19.6. The van der Waals surface area contributed by atoms with Crippen LogP contribution in [0.5, 0.6) is 5.88 Å². The highest BCUT2D eigenvalue weighted by molar-refractivity contribution is 6.21. The van der Waals surface area contributed by atoms with Crippen molar-refractivity contribution in [2.75, 3.05) is 17.2 Å². The molecule has 0 saturated carbocycles. The Bertz CT molecular complexity index is 1580. The Hall–Kier alpha value is -4.80. The lowest BCUT2D eigenvalue weighted by molar-refractivity contribution is -0.120. The summed E-state index contributed by atoms with van der Waals surface area (Å²) in [6.07, 6.45) is -1.43. The fourth-order valence-electron chi connectivity index (χ4n) is 4.68. The van der Waals surface area contributed by atoms with E-state index in [1.165, 1.54) is 0 Å². The molecule has 4 aromatic rings. The van der Waals surface area contributed by atoms with Crippen molar-refractivity contribution in [3.8, 4) is 5.88 Å². The first-order valence-corrected chi connectivity index (χ1v) is 11.4. The van der Waals surface area contributed by atoms with E-state index in [1.807, 2.05) is 49.4 Å². The van der Waals surface area contributed by atoms with Gasteiger partial charge in [-0.25, -0.2) is 14.3 Å². The number of carbonyl (C=O) groups excluding carboxylic acids is 2. The number of nitrogens with zero attached hydrogens (tertiary/aromatic N) is 6. The molecule has 1 atom stereocenters. The number of rotatable bonds is 3. The molecule has 180 valence electrons. The predicted octanol–water partition coefficient (Wildman–Crippen LogP) is 2.18. The van der Waals surface area contributed by atoms with E-state index in [0.29, 0.717) is 35.7 Å². The van der Waals surface area contributed by atoms with Crippen LogP contribution < -0.4 is 20.7 Å². The van der Waals surface area contributed by atoms with Gasteiger partial charge in [-0.3, -0.25) is 10.1 Å². The third-order valence-electron chi connectivity index (χ3n) is 6.27. The van der Waals surface area contributed by atoms with Gasteiger partial charge in [0.05, 0.1) is 17.1 Å². The van der Waals surface area contributed by atoms with Crippen LogP contribution in [0.3, 0.4) is 0 Å². The third-order valence-corrected chi connectivity index (χ3v) is 6.27. The van der Waals surface area contributed by atoms with Crippen LogP contribution in [-0.4, -0.2) is 50.2 Å². The average Bonchev–Trinajstić information content (AvgIpc) is 3.43. The fourth-order valence-corrected chi connectivity index (χ4v) is 4.68. The van der Waals surface area contributed by atoms with Crippen molar-refractivity contribution in [3.63, 3.8) is 0 Å². The number of nitrogens with one attached hydrogen (secondary N) is 1. The molecule has 0 saturated heterocycles. The van der Waals surface area contributed by atoms with Crippen LogP contribution in [0.1, 0.15) is 28.1 Å². The van der Waals surface area contributed by atoms with Crippen LogP contribution >= 0.6 is 0 Å².